The van der Waals surface area contributed by atoms with Crippen LogP contribution >= 0.6 is 11.3 Å². The zero-order chi connectivity index (χ0) is 11.5. The average Bonchev–Trinajstić information content (AvgIpc) is 2.69. The molecule has 2 nitrogen and oxygen atoms in total. The predicted molar refractivity (Wildman–Crippen MR) is 68.9 cm³/mol. The first-order valence-electron chi connectivity index (χ1n) is 5.66. The van der Waals surface area contributed by atoms with Gasteiger partial charge in [-0.25, -0.2) is 0 Å². The third-order valence-electron chi connectivity index (χ3n) is 3.11. The second kappa shape index (κ2) is 4.93. The van der Waals surface area contributed by atoms with E-state index in [1.165, 1.54) is 16.0 Å². The van der Waals surface area contributed by atoms with Gasteiger partial charge in [0.2, 0.25) is 0 Å². The summed E-state index contributed by atoms with van der Waals surface area (Å²) in [4.78, 5) is 12.8. The molecule has 1 N–H and O–H groups in total. The van der Waals surface area contributed by atoms with Crippen LogP contribution in [-0.2, 0) is 17.6 Å². The Balaban J connectivity index is 2.18. The van der Waals surface area contributed by atoms with E-state index in [9.17, 15) is 4.79 Å². The maximum Gasteiger partial charge on any atom is 0.147 e. The zero-order valence-corrected chi connectivity index (χ0v) is 10.6. The molecule has 1 aromatic rings. The highest BCUT2D eigenvalue weighted by Crippen LogP contribution is 2.29. The number of carbonyl (C=O) groups excluding carboxylic acids is 1. The van der Waals surface area contributed by atoms with E-state index >= 15 is 0 Å². The Morgan fingerprint density at radius 3 is 3.12 bits per heavy atom. The summed E-state index contributed by atoms with van der Waals surface area (Å²) in [6.07, 6.45) is 7.50. The van der Waals surface area contributed by atoms with Gasteiger partial charge in [-0.3, -0.25) is 4.79 Å². The van der Waals surface area contributed by atoms with Crippen LogP contribution in [0.4, 0.5) is 0 Å². The minimum atomic E-state index is -0.0374. The Hall–Kier alpha value is -0.930. The van der Waals surface area contributed by atoms with E-state index in [2.05, 4.69) is 22.8 Å². The fourth-order valence-corrected chi connectivity index (χ4v) is 3.17. The predicted octanol–water partition coefficient (Wildman–Crippen LogP) is 2.43. The van der Waals surface area contributed by atoms with Gasteiger partial charge >= 0.3 is 0 Å². The summed E-state index contributed by atoms with van der Waals surface area (Å²) in [7, 11) is 1.85. The molecule has 1 aromatic heterocycles. The Labute approximate surface area is 100 Å². The van der Waals surface area contributed by atoms with Gasteiger partial charge in [0, 0.05) is 4.88 Å². The van der Waals surface area contributed by atoms with Gasteiger partial charge in [-0.05, 0) is 55.8 Å². The van der Waals surface area contributed by atoms with Crippen LogP contribution in [0.1, 0.15) is 29.3 Å². The second-order valence-electron chi connectivity index (χ2n) is 4.20. The molecule has 1 heterocycles. The number of hydrogen-bond acceptors (Lipinski definition) is 3. The van der Waals surface area contributed by atoms with Crippen molar-refractivity contribution in [3.63, 3.8) is 0 Å². The van der Waals surface area contributed by atoms with Gasteiger partial charge in [0.1, 0.15) is 5.78 Å². The lowest BCUT2D eigenvalue weighted by molar-refractivity contribution is -0.118. The first-order chi connectivity index (χ1) is 7.72. The topological polar surface area (TPSA) is 29.1 Å². The number of likely N-dealkylation sites (N-methyl/N-ethyl adjacent to an activating group) is 1. The summed E-state index contributed by atoms with van der Waals surface area (Å²) in [6, 6.07) is -0.0374. The summed E-state index contributed by atoms with van der Waals surface area (Å²) >= 11 is 1.79. The molecule has 0 saturated heterocycles. The molecule has 0 bridgehead atoms. The highest BCUT2D eigenvalue weighted by atomic mass is 32.1. The molecule has 3 heteroatoms. The molecule has 1 aliphatic carbocycles. The molecule has 0 radical (unpaired) electrons. The monoisotopic (exact) mass is 235 g/mol. The first-order valence-corrected chi connectivity index (χ1v) is 6.54. The first kappa shape index (κ1) is 11.6. The van der Waals surface area contributed by atoms with E-state index in [0.29, 0.717) is 0 Å². The Kier molecular flexibility index (Phi) is 3.56. The number of rotatable bonds is 4. The fourth-order valence-electron chi connectivity index (χ4n) is 2.12. The van der Waals surface area contributed by atoms with Gasteiger partial charge < -0.3 is 5.32 Å². The highest BCUT2D eigenvalue weighted by molar-refractivity contribution is 7.11. The van der Waals surface area contributed by atoms with Crippen molar-refractivity contribution in [2.75, 3.05) is 7.05 Å². The van der Waals surface area contributed by atoms with Gasteiger partial charge in [-0.15, -0.1) is 11.3 Å². The van der Waals surface area contributed by atoms with Crippen LogP contribution in [0.2, 0.25) is 0 Å². The minimum absolute atomic E-state index is 0.0374. The number of ketones is 1. The summed E-state index contributed by atoms with van der Waals surface area (Å²) in [5.41, 5.74) is 2.80. The van der Waals surface area contributed by atoms with E-state index in [-0.39, 0.29) is 11.8 Å². The molecule has 0 fully saturated rings. The molecule has 1 aliphatic rings. The third-order valence-corrected chi connectivity index (χ3v) is 4.15. The summed E-state index contributed by atoms with van der Waals surface area (Å²) in [5, 5.41) is 5.29. The van der Waals surface area contributed by atoms with Crippen LogP contribution in [0.3, 0.4) is 0 Å². The molecular formula is C13H17NOS. The lowest BCUT2D eigenvalue weighted by Crippen LogP contribution is -2.34. The molecule has 1 unspecified atom stereocenters. The van der Waals surface area contributed by atoms with Crippen LogP contribution < -0.4 is 5.32 Å². The average molecular weight is 235 g/mol. The zero-order valence-electron chi connectivity index (χ0n) is 9.75. The van der Waals surface area contributed by atoms with Crippen molar-refractivity contribution in [1.29, 1.82) is 0 Å². The summed E-state index contributed by atoms with van der Waals surface area (Å²) in [5.74, 6) is 0.216. The molecule has 1 atom stereocenters. The van der Waals surface area contributed by atoms with E-state index < -0.39 is 0 Å². The van der Waals surface area contributed by atoms with Gasteiger partial charge in [0.05, 0.1) is 6.04 Å². The SMILES string of the molecule is CNC(Cc1csc2c1CCC=C2)C(C)=O. The molecule has 0 saturated carbocycles. The van der Waals surface area contributed by atoms with Crippen molar-refractivity contribution >= 4 is 23.2 Å². The van der Waals surface area contributed by atoms with Crippen molar-refractivity contribution in [3.8, 4) is 0 Å². The minimum Gasteiger partial charge on any atom is -0.310 e. The number of nitrogens with one attached hydrogen (secondary N) is 1. The largest absolute Gasteiger partial charge is 0.310 e. The van der Waals surface area contributed by atoms with Crippen LogP contribution in [0.15, 0.2) is 11.5 Å². The summed E-state index contributed by atoms with van der Waals surface area (Å²) < 4.78 is 0. The highest BCUT2D eigenvalue weighted by Gasteiger charge is 2.18. The normalized spacial score (nSPS) is 15.9. The van der Waals surface area contributed by atoms with Crippen molar-refractivity contribution in [2.45, 2.75) is 32.2 Å². The Morgan fingerprint density at radius 1 is 1.62 bits per heavy atom. The lowest BCUT2D eigenvalue weighted by Gasteiger charge is -2.14. The van der Waals surface area contributed by atoms with Crippen molar-refractivity contribution in [2.24, 2.45) is 0 Å². The van der Waals surface area contributed by atoms with E-state index in [0.717, 1.165) is 19.3 Å². The molecule has 0 aromatic carbocycles. The molecule has 0 aliphatic heterocycles. The molecule has 16 heavy (non-hydrogen) atoms. The number of hydrogen-bond donors (Lipinski definition) is 1. The quantitative estimate of drug-likeness (QED) is 0.868. The number of thiophene rings is 1. The standard InChI is InChI=1S/C13H17NOS/c1-9(15)12(14-2)7-10-8-16-13-6-4-3-5-11(10)13/h4,6,8,12,14H,3,5,7H2,1-2H3. The van der Waals surface area contributed by atoms with Gasteiger partial charge in [0.25, 0.3) is 0 Å². The number of Topliss-reactive ketones (excluding diaryl/α,β-unsaturated/α-hetero) is 1. The molecular weight excluding hydrogens is 218 g/mol. The molecule has 2 rings (SSSR count). The number of carbonyl (C=O) groups is 1. The Morgan fingerprint density at radius 2 is 2.44 bits per heavy atom. The van der Waals surface area contributed by atoms with E-state index in [1.807, 2.05) is 7.05 Å². The summed E-state index contributed by atoms with van der Waals surface area (Å²) in [6.45, 7) is 1.65. The molecule has 86 valence electrons. The number of fused-ring (bicyclic) bond motifs is 1. The van der Waals surface area contributed by atoms with Gasteiger partial charge in [0.15, 0.2) is 0 Å². The fraction of sp³-hybridized carbons (Fsp3) is 0.462. The Bertz CT molecular complexity index is 420. The molecule has 0 spiro atoms. The van der Waals surface area contributed by atoms with Crippen LogP contribution in [0.5, 0.6) is 0 Å². The maximum atomic E-state index is 11.4. The van der Waals surface area contributed by atoms with Crippen LogP contribution in [0, 0.1) is 0 Å². The van der Waals surface area contributed by atoms with Crippen molar-refractivity contribution < 1.29 is 4.79 Å². The maximum absolute atomic E-state index is 11.4. The lowest BCUT2D eigenvalue weighted by atomic mass is 9.96. The van der Waals surface area contributed by atoms with Crippen LogP contribution in [0.25, 0.3) is 6.08 Å². The van der Waals surface area contributed by atoms with Crippen molar-refractivity contribution in [1.82, 2.24) is 5.32 Å². The van der Waals surface area contributed by atoms with E-state index in [1.54, 1.807) is 18.3 Å². The van der Waals surface area contributed by atoms with E-state index in [4.69, 9.17) is 0 Å². The second-order valence-corrected chi connectivity index (χ2v) is 5.11. The molecule has 0 amide bonds. The van der Waals surface area contributed by atoms with Gasteiger partial charge in [-0.2, -0.15) is 0 Å². The van der Waals surface area contributed by atoms with Crippen LogP contribution in [-0.4, -0.2) is 18.9 Å². The third kappa shape index (κ3) is 2.25. The number of allylic oxidation sites excluding steroid dienone is 1. The smallest absolute Gasteiger partial charge is 0.147 e. The van der Waals surface area contributed by atoms with Crippen molar-refractivity contribution in [3.05, 3.63) is 27.5 Å². The van der Waals surface area contributed by atoms with Gasteiger partial charge in [-0.1, -0.05) is 6.08 Å².